The van der Waals surface area contributed by atoms with Gasteiger partial charge in [0.25, 0.3) is 6.43 Å². The molecule has 0 radical (unpaired) electrons. The van der Waals surface area contributed by atoms with Gasteiger partial charge in [-0.05, 0) is 25.0 Å². The zero-order valence-electron chi connectivity index (χ0n) is 15.2. The molecule has 9 heteroatoms. The van der Waals surface area contributed by atoms with Crippen molar-refractivity contribution in [2.45, 2.75) is 44.3 Å². The third kappa shape index (κ3) is 2.99. The Morgan fingerprint density at radius 1 is 1.11 bits per heavy atom. The molecule has 7 nitrogen and oxygen atoms in total. The van der Waals surface area contributed by atoms with E-state index < -0.39 is 6.43 Å². The monoisotopic (exact) mass is 386 g/mol. The number of imidazole rings is 1. The lowest BCUT2D eigenvalue weighted by atomic mass is 9.90. The Kier molecular flexibility index (Phi) is 4.38. The van der Waals surface area contributed by atoms with Crippen LogP contribution in [-0.2, 0) is 4.74 Å². The Balaban J connectivity index is 1.52. The number of anilines is 1. The van der Waals surface area contributed by atoms with Crippen LogP contribution in [0.5, 0.6) is 0 Å². The van der Waals surface area contributed by atoms with Crippen molar-refractivity contribution in [1.82, 2.24) is 24.6 Å². The molecule has 2 atom stereocenters. The van der Waals surface area contributed by atoms with Gasteiger partial charge in [0.05, 0.1) is 30.6 Å². The van der Waals surface area contributed by atoms with Gasteiger partial charge in [-0.1, -0.05) is 12.8 Å². The Morgan fingerprint density at radius 2 is 2.00 bits per heavy atom. The van der Waals surface area contributed by atoms with Crippen molar-refractivity contribution in [3.05, 3.63) is 36.4 Å². The van der Waals surface area contributed by atoms with Crippen LogP contribution in [0.15, 0.2) is 30.7 Å². The molecule has 0 aromatic carbocycles. The molecule has 146 valence electrons. The van der Waals surface area contributed by atoms with Gasteiger partial charge in [0.2, 0.25) is 0 Å². The second kappa shape index (κ2) is 7.05. The second-order valence-electron chi connectivity index (χ2n) is 7.19. The number of halogens is 2. The van der Waals surface area contributed by atoms with Crippen molar-refractivity contribution in [3.8, 4) is 11.4 Å². The number of ether oxygens (including phenoxy) is 1. The average Bonchev–Trinajstić information content (AvgIpc) is 3.16. The summed E-state index contributed by atoms with van der Waals surface area (Å²) in [5.41, 5.74) is 1.38. The summed E-state index contributed by atoms with van der Waals surface area (Å²) in [5, 5.41) is 4.03. The normalized spacial score (nSPS) is 22.6. The summed E-state index contributed by atoms with van der Waals surface area (Å²) in [6.07, 6.45) is 5.26. The first-order valence-corrected chi connectivity index (χ1v) is 9.54. The van der Waals surface area contributed by atoms with Gasteiger partial charge in [0.15, 0.2) is 5.65 Å². The highest BCUT2D eigenvalue weighted by Gasteiger charge is 2.35. The number of nitrogens with zero attached hydrogens (tertiary/aromatic N) is 6. The van der Waals surface area contributed by atoms with Gasteiger partial charge < -0.3 is 9.64 Å². The number of morpholine rings is 1. The van der Waals surface area contributed by atoms with Crippen LogP contribution in [0.4, 0.5) is 14.6 Å². The minimum absolute atomic E-state index is 0.243. The highest BCUT2D eigenvalue weighted by atomic mass is 19.3. The third-order valence-electron chi connectivity index (χ3n) is 5.55. The number of aromatic nitrogens is 5. The lowest BCUT2D eigenvalue weighted by molar-refractivity contribution is -0.00899. The molecule has 3 aromatic rings. The summed E-state index contributed by atoms with van der Waals surface area (Å²) in [4.78, 5) is 15.4. The van der Waals surface area contributed by atoms with E-state index >= 15 is 0 Å². The minimum atomic E-state index is -2.64. The molecule has 4 heterocycles. The predicted octanol–water partition coefficient (Wildman–Crippen LogP) is 3.27. The van der Waals surface area contributed by atoms with Crippen LogP contribution in [0.1, 0.15) is 37.8 Å². The number of hydrogen-bond donors (Lipinski definition) is 0. The topological polar surface area (TPSA) is 68.4 Å². The highest BCUT2D eigenvalue weighted by molar-refractivity contribution is 5.62. The molecule has 0 amide bonds. The molecule has 1 aliphatic heterocycles. The number of alkyl halides is 2. The first-order chi connectivity index (χ1) is 13.7. The van der Waals surface area contributed by atoms with E-state index in [2.05, 4.69) is 25.0 Å². The molecule has 3 aromatic heterocycles. The maximum atomic E-state index is 13.1. The van der Waals surface area contributed by atoms with Crippen LogP contribution in [0.2, 0.25) is 0 Å². The van der Waals surface area contributed by atoms with Crippen molar-refractivity contribution in [3.63, 3.8) is 0 Å². The van der Waals surface area contributed by atoms with Crippen LogP contribution in [-0.4, -0.2) is 49.9 Å². The van der Waals surface area contributed by atoms with Crippen LogP contribution in [0.25, 0.3) is 17.0 Å². The Hall–Kier alpha value is -2.68. The predicted molar refractivity (Wildman–Crippen MR) is 98.3 cm³/mol. The van der Waals surface area contributed by atoms with Gasteiger partial charge in [0.1, 0.15) is 23.5 Å². The van der Waals surface area contributed by atoms with Crippen LogP contribution in [0.3, 0.4) is 0 Å². The quantitative estimate of drug-likeness (QED) is 0.688. The van der Waals surface area contributed by atoms with E-state index in [4.69, 9.17) is 4.74 Å². The summed E-state index contributed by atoms with van der Waals surface area (Å²) in [6.45, 7) is 1.45. The maximum absolute atomic E-state index is 13.1. The van der Waals surface area contributed by atoms with E-state index in [-0.39, 0.29) is 11.8 Å². The van der Waals surface area contributed by atoms with Gasteiger partial charge in [-0.3, -0.25) is 0 Å². The van der Waals surface area contributed by atoms with Crippen molar-refractivity contribution in [2.24, 2.45) is 0 Å². The molecule has 1 aliphatic carbocycles. The fraction of sp³-hybridized carbons (Fsp3) is 0.474. The van der Waals surface area contributed by atoms with Gasteiger partial charge in [-0.2, -0.15) is 5.10 Å². The molecular weight excluding hydrogens is 366 g/mol. The highest BCUT2D eigenvalue weighted by Crippen LogP contribution is 2.32. The molecule has 0 bridgehead atoms. The number of fused-ring (bicyclic) bond motifs is 2. The summed E-state index contributed by atoms with van der Waals surface area (Å²) in [7, 11) is 0. The number of hydrogen-bond acceptors (Lipinski definition) is 6. The fourth-order valence-electron chi connectivity index (χ4n) is 4.20. The van der Waals surface area contributed by atoms with E-state index in [1.54, 1.807) is 6.20 Å². The standard InChI is InChI=1S/C19H20F2N6O/c20-19(21)12-5-6-17-22-10-15(27(17)25-12)13-9-18(24-11-23-13)26-7-8-28-16-4-2-1-3-14(16)26/h5-6,9-11,14,16,19H,1-4,7-8H2. The van der Waals surface area contributed by atoms with E-state index in [1.807, 2.05) is 6.07 Å². The van der Waals surface area contributed by atoms with Crippen molar-refractivity contribution in [2.75, 3.05) is 18.1 Å². The van der Waals surface area contributed by atoms with E-state index in [9.17, 15) is 8.78 Å². The molecule has 1 saturated carbocycles. The summed E-state index contributed by atoms with van der Waals surface area (Å²) in [6, 6.07) is 5.03. The Labute approximate surface area is 160 Å². The smallest absolute Gasteiger partial charge is 0.282 e. The SMILES string of the molecule is FC(F)c1ccc2ncc(-c3cc(N4CCOC5CCCCC54)ncn3)n2n1. The van der Waals surface area contributed by atoms with Crippen LogP contribution < -0.4 is 4.90 Å². The summed E-state index contributed by atoms with van der Waals surface area (Å²) < 4.78 is 33.5. The molecule has 0 N–H and O–H groups in total. The van der Waals surface area contributed by atoms with E-state index in [0.29, 0.717) is 29.7 Å². The molecule has 0 spiro atoms. The fourth-order valence-corrected chi connectivity index (χ4v) is 4.20. The lowest BCUT2D eigenvalue weighted by Gasteiger charge is -2.44. The third-order valence-corrected chi connectivity index (χ3v) is 5.55. The summed E-state index contributed by atoms with van der Waals surface area (Å²) in [5.74, 6) is 0.824. The largest absolute Gasteiger partial charge is 0.374 e. The molecule has 28 heavy (non-hydrogen) atoms. The van der Waals surface area contributed by atoms with Crippen molar-refractivity contribution < 1.29 is 13.5 Å². The van der Waals surface area contributed by atoms with Crippen LogP contribution in [0, 0.1) is 0 Å². The Bertz CT molecular complexity index is 991. The van der Waals surface area contributed by atoms with Gasteiger partial charge in [-0.25, -0.2) is 28.2 Å². The zero-order chi connectivity index (χ0) is 19.1. The molecule has 2 unspecified atom stereocenters. The second-order valence-corrected chi connectivity index (χ2v) is 7.19. The van der Waals surface area contributed by atoms with E-state index in [0.717, 1.165) is 25.2 Å². The van der Waals surface area contributed by atoms with Gasteiger partial charge in [-0.15, -0.1) is 0 Å². The molecule has 2 fully saturated rings. The molecule has 5 rings (SSSR count). The van der Waals surface area contributed by atoms with Gasteiger partial charge in [0, 0.05) is 12.6 Å². The van der Waals surface area contributed by atoms with Crippen LogP contribution >= 0.6 is 0 Å². The Morgan fingerprint density at radius 3 is 2.89 bits per heavy atom. The lowest BCUT2D eigenvalue weighted by Crippen LogP contribution is -2.53. The number of rotatable bonds is 3. The molecule has 2 aliphatic rings. The van der Waals surface area contributed by atoms with Crippen molar-refractivity contribution in [1.29, 1.82) is 0 Å². The van der Waals surface area contributed by atoms with E-state index in [1.165, 1.54) is 35.8 Å². The zero-order valence-corrected chi connectivity index (χ0v) is 15.2. The minimum Gasteiger partial charge on any atom is -0.374 e. The average molecular weight is 386 g/mol. The first kappa shape index (κ1) is 17.4. The molecular formula is C19H20F2N6O. The summed E-state index contributed by atoms with van der Waals surface area (Å²) >= 11 is 0. The first-order valence-electron chi connectivity index (χ1n) is 9.54. The van der Waals surface area contributed by atoms with Crippen molar-refractivity contribution >= 4 is 11.5 Å². The maximum Gasteiger partial charge on any atom is 0.282 e. The van der Waals surface area contributed by atoms with Gasteiger partial charge >= 0.3 is 0 Å². The molecule has 1 saturated heterocycles.